The molecule has 3 rings (SSSR count). The second-order valence-corrected chi connectivity index (χ2v) is 8.22. The summed E-state index contributed by atoms with van der Waals surface area (Å²) in [6, 6.07) is 3.81. The number of benzene rings is 1. The van der Waals surface area contributed by atoms with E-state index in [9.17, 15) is 12.8 Å². The number of rotatable bonds is 5. The van der Waals surface area contributed by atoms with Crippen LogP contribution in [0.5, 0.6) is 5.75 Å². The highest BCUT2D eigenvalue weighted by atomic mass is 32.2. The van der Waals surface area contributed by atoms with Crippen LogP contribution in [0.1, 0.15) is 39.0 Å². The molecular formula is C16H22FNO4S. The average Bonchev–Trinajstić information content (AvgIpc) is 2.48. The van der Waals surface area contributed by atoms with Crippen LogP contribution in [0.25, 0.3) is 0 Å². The molecule has 0 atom stereocenters. The molecule has 23 heavy (non-hydrogen) atoms. The van der Waals surface area contributed by atoms with Crippen molar-refractivity contribution in [1.29, 1.82) is 0 Å². The van der Waals surface area contributed by atoms with Crippen molar-refractivity contribution in [3.8, 4) is 5.75 Å². The highest BCUT2D eigenvalue weighted by Crippen LogP contribution is 2.33. The lowest BCUT2D eigenvalue weighted by Crippen LogP contribution is -2.50. The molecule has 0 aromatic heterocycles. The number of sulfonamides is 1. The fraction of sp³-hybridized carbons (Fsp3) is 0.625. The fourth-order valence-corrected chi connectivity index (χ4v) is 4.39. The normalized spacial score (nSPS) is 21.7. The van der Waals surface area contributed by atoms with E-state index in [1.54, 1.807) is 0 Å². The molecule has 2 aliphatic rings. The topological polar surface area (TPSA) is 64.6 Å². The second-order valence-electron chi connectivity index (χ2n) is 6.54. The van der Waals surface area contributed by atoms with E-state index in [4.69, 9.17) is 9.47 Å². The Morgan fingerprint density at radius 3 is 2.57 bits per heavy atom. The molecule has 0 amide bonds. The van der Waals surface area contributed by atoms with E-state index in [1.807, 2.05) is 6.92 Å². The zero-order valence-electron chi connectivity index (χ0n) is 13.2. The molecule has 0 spiro atoms. The Kier molecular flexibility index (Phi) is 4.62. The van der Waals surface area contributed by atoms with E-state index < -0.39 is 21.4 Å². The molecule has 1 aliphatic carbocycles. The first-order valence-corrected chi connectivity index (χ1v) is 9.44. The van der Waals surface area contributed by atoms with Gasteiger partial charge in [0.2, 0.25) is 10.0 Å². The largest absolute Gasteiger partial charge is 0.487 e. The smallest absolute Gasteiger partial charge is 0.241 e. The molecule has 1 saturated carbocycles. The molecule has 0 radical (unpaired) electrons. The molecule has 1 N–H and O–H groups in total. The van der Waals surface area contributed by atoms with E-state index in [0.717, 1.165) is 25.3 Å². The Balaban J connectivity index is 1.73. The molecule has 0 bridgehead atoms. The van der Waals surface area contributed by atoms with Gasteiger partial charge in [0.25, 0.3) is 0 Å². The summed E-state index contributed by atoms with van der Waals surface area (Å²) in [6.45, 7) is 3.07. The predicted octanol–water partition coefficient (Wildman–Crippen LogP) is 2.60. The third-order valence-corrected chi connectivity index (χ3v) is 6.15. The van der Waals surface area contributed by atoms with Crippen molar-refractivity contribution >= 4 is 10.0 Å². The van der Waals surface area contributed by atoms with Gasteiger partial charge in [0.05, 0.1) is 18.1 Å². The van der Waals surface area contributed by atoms with Gasteiger partial charge >= 0.3 is 0 Å². The van der Waals surface area contributed by atoms with E-state index in [1.165, 1.54) is 12.1 Å². The monoisotopic (exact) mass is 343 g/mol. The Hall–Kier alpha value is -1.18. The zero-order chi connectivity index (χ0) is 16.5. The number of hydrogen-bond acceptors (Lipinski definition) is 4. The standard InChI is InChI=1S/C16H22FNO4S/c1-16(7-2-8-16)18-23(19,20)13-3-4-15(14(17)11-13)22-12-5-9-21-10-6-12/h3-4,11-12,18H,2,5-10H2,1H3. The maximum absolute atomic E-state index is 14.2. The van der Waals surface area contributed by atoms with Crippen molar-refractivity contribution in [2.75, 3.05) is 13.2 Å². The molecule has 0 unspecified atom stereocenters. The first kappa shape index (κ1) is 16.7. The van der Waals surface area contributed by atoms with Crippen molar-refractivity contribution in [3.05, 3.63) is 24.0 Å². The quantitative estimate of drug-likeness (QED) is 0.892. The summed E-state index contributed by atoms with van der Waals surface area (Å²) < 4.78 is 52.4. The molecule has 1 aliphatic heterocycles. The van der Waals surface area contributed by atoms with E-state index in [0.29, 0.717) is 26.1 Å². The van der Waals surface area contributed by atoms with E-state index in [-0.39, 0.29) is 16.7 Å². The molecular weight excluding hydrogens is 321 g/mol. The van der Waals surface area contributed by atoms with Crippen LogP contribution in [-0.4, -0.2) is 33.3 Å². The number of nitrogens with one attached hydrogen (secondary N) is 1. The molecule has 1 aromatic carbocycles. The van der Waals surface area contributed by atoms with Crippen LogP contribution in [0, 0.1) is 5.82 Å². The van der Waals surface area contributed by atoms with Gasteiger partial charge in [-0.05, 0) is 44.4 Å². The van der Waals surface area contributed by atoms with Crippen LogP contribution in [0.15, 0.2) is 23.1 Å². The molecule has 1 saturated heterocycles. The number of halogens is 1. The summed E-state index contributed by atoms with van der Waals surface area (Å²) in [5.41, 5.74) is -0.410. The molecule has 7 heteroatoms. The lowest BCUT2D eigenvalue weighted by Gasteiger charge is -2.38. The maximum Gasteiger partial charge on any atom is 0.241 e. The number of ether oxygens (including phenoxy) is 2. The van der Waals surface area contributed by atoms with Gasteiger partial charge in [0.1, 0.15) is 6.10 Å². The van der Waals surface area contributed by atoms with Crippen LogP contribution in [0.3, 0.4) is 0 Å². The molecule has 1 aromatic rings. The van der Waals surface area contributed by atoms with Crippen molar-refractivity contribution in [2.45, 2.75) is 55.6 Å². The fourth-order valence-electron chi connectivity index (χ4n) is 2.91. The SMILES string of the molecule is CC1(NS(=O)(=O)c2ccc(OC3CCOCC3)c(F)c2)CCC1. The van der Waals surface area contributed by atoms with Gasteiger partial charge in [-0.2, -0.15) is 0 Å². The minimum atomic E-state index is -3.72. The molecule has 5 nitrogen and oxygen atoms in total. The van der Waals surface area contributed by atoms with Crippen molar-refractivity contribution in [2.24, 2.45) is 0 Å². The van der Waals surface area contributed by atoms with Crippen LogP contribution < -0.4 is 9.46 Å². The van der Waals surface area contributed by atoms with Crippen LogP contribution >= 0.6 is 0 Å². The summed E-state index contributed by atoms with van der Waals surface area (Å²) in [5.74, 6) is -0.566. The predicted molar refractivity (Wildman–Crippen MR) is 83.4 cm³/mol. The van der Waals surface area contributed by atoms with Gasteiger partial charge in [-0.15, -0.1) is 0 Å². The van der Waals surface area contributed by atoms with Gasteiger partial charge in [-0.25, -0.2) is 17.5 Å². The third-order valence-electron chi connectivity index (χ3n) is 4.51. The molecule has 2 fully saturated rings. The van der Waals surface area contributed by atoms with Gasteiger partial charge in [0, 0.05) is 18.4 Å². The summed E-state index contributed by atoms with van der Waals surface area (Å²) in [6.07, 6.45) is 3.94. The Morgan fingerprint density at radius 2 is 2.00 bits per heavy atom. The Morgan fingerprint density at radius 1 is 1.30 bits per heavy atom. The van der Waals surface area contributed by atoms with Gasteiger partial charge < -0.3 is 9.47 Å². The van der Waals surface area contributed by atoms with Crippen molar-refractivity contribution in [3.63, 3.8) is 0 Å². The van der Waals surface area contributed by atoms with Crippen LogP contribution in [0.2, 0.25) is 0 Å². The van der Waals surface area contributed by atoms with Gasteiger partial charge in [-0.3, -0.25) is 0 Å². The van der Waals surface area contributed by atoms with E-state index >= 15 is 0 Å². The lowest BCUT2D eigenvalue weighted by molar-refractivity contribution is 0.0240. The Labute approximate surface area is 136 Å². The highest BCUT2D eigenvalue weighted by molar-refractivity contribution is 7.89. The van der Waals surface area contributed by atoms with Crippen LogP contribution in [0.4, 0.5) is 4.39 Å². The second kappa shape index (κ2) is 6.37. The Bertz CT molecular complexity index is 667. The number of hydrogen-bond donors (Lipinski definition) is 1. The summed E-state index contributed by atoms with van der Waals surface area (Å²) in [7, 11) is -3.72. The minimum Gasteiger partial charge on any atom is -0.487 e. The average molecular weight is 343 g/mol. The first-order valence-electron chi connectivity index (χ1n) is 7.96. The minimum absolute atomic E-state index is 0.0672. The maximum atomic E-state index is 14.2. The van der Waals surface area contributed by atoms with Gasteiger partial charge in [-0.1, -0.05) is 0 Å². The molecule has 1 heterocycles. The summed E-state index contributed by atoms with van der Waals surface area (Å²) in [4.78, 5) is -0.0672. The zero-order valence-corrected chi connectivity index (χ0v) is 14.0. The summed E-state index contributed by atoms with van der Waals surface area (Å²) >= 11 is 0. The summed E-state index contributed by atoms with van der Waals surface area (Å²) in [5, 5.41) is 0. The van der Waals surface area contributed by atoms with Crippen LogP contribution in [-0.2, 0) is 14.8 Å². The van der Waals surface area contributed by atoms with Crippen molar-refractivity contribution < 1.29 is 22.3 Å². The van der Waals surface area contributed by atoms with Crippen molar-refractivity contribution in [1.82, 2.24) is 4.72 Å². The van der Waals surface area contributed by atoms with E-state index in [2.05, 4.69) is 4.72 Å². The van der Waals surface area contributed by atoms with Gasteiger partial charge in [0.15, 0.2) is 11.6 Å². The third kappa shape index (κ3) is 3.84. The highest BCUT2D eigenvalue weighted by Gasteiger charge is 2.36. The lowest BCUT2D eigenvalue weighted by atomic mass is 9.80. The molecule has 128 valence electrons. The first-order chi connectivity index (χ1) is 10.9.